The number of fused-ring (bicyclic) bond motifs is 1. The number of aliphatic hydroxyl groups is 2. The maximum Gasteiger partial charge on any atom is 0.242 e. The fourth-order valence-corrected chi connectivity index (χ4v) is 3.13. The molecule has 0 aliphatic carbocycles. The molecule has 2 N–H and O–H groups in total. The minimum atomic E-state index is -1.06. The lowest BCUT2D eigenvalue weighted by atomic mass is 9.86. The second-order valence-electron chi connectivity index (χ2n) is 6.07. The average Bonchev–Trinajstić information content (AvgIpc) is 2.93. The van der Waals surface area contributed by atoms with Gasteiger partial charge in [0.05, 0.1) is 5.60 Å². The Bertz CT molecular complexity index is 681. The lowest BCUT2D eigenvalue weighted by Gasteiger charge is -2.41. The Morgan fingerprint density at radius 2 is 2.14 bits per heavy atom. The molecule has 1 fully saturated rings. The van der Waals surface area contributed by atoms with Gasteiger partial charge in [-0.25, -0.2) is 0 Å². The van der Waals surface area contributed by atoms with Gasteiger partial charge in [0.25, 0.3) is 0 Å². The van der Waals surface area contributed by atoms with Crippen LogP contribution in [-0.4, -0.2) is 50.4 Å². The number of hydrogen-bond acceptors (Lipinski definition) is 3. The van der Waals surface area contributed by atoms with Crippen LogP contribution in [0.15, 0.2) is 36.5 Å². The SMILES string of the molecule is CC[C@@]1(O)CCN(C(=O)Cn2ccc3ccccc32)C[C@H]1O. The maximum absolute atomic E-state index is 12.5. The lowest BCUT2D eigenvalue weighted by Crippen LogP contribution is -2.56. The lowest BCUT2D eigenvalue weighted by molar-refractivity contribution is -0.150. The second-order valence-corrected chi connectivity index (χ2v) is 6.07. The predicted octanol–water partition coefficient (Wildman–Crippen LogP) is 1.38. The minimum Gasteiger partial charge on any atom is -0.388 e. The highest BCUT2D eigenvalue weighted by molar-refractivity contribution is 5.83. The number of piperidine rings is 1. The first kappa shape index (κ1) is 15.1. The summed E-state index contributed by atoms with van der Waals surface area (Å²) in [5.41, 5.74) is -0.0322. The molecule has 1 aliphatic rings. The molecular formula is C17H22N2O3. The Labute approximate surface area is 129 Å². The normalized spacial score (nSPS) is 25.6. The molecule has 0 radical (unpaired) electrons. The molecule has 118 valence electrons. The van der Waals surface area contributed by atoms with Crippen LogP contribution >= 0.6 is 0 Å². The molecule has 0 bridgehead atoms. The van der Waals surface area contributed by atoms with Crippen LogP contribution in [0.4, 0.5) is 0 Å². The van der Waals surface area contributed by atoms with Crippen molar-refractivity contribution < 1.29 is 15.0 Å². The summed E-state index contributed by atoms with van der Waals surface area (Å²) in [7, 11) is 0. The fourth-order valence-electron chi connectivity index (χ4n) is 3.13. The molecule has 1 aliphatic heterocycles. The summed E-state index contributed by atoms with van der Waals surface area (Å²) in [6.07, 6.45) is 1.95. The molecule has 22 heavy (non-hydrogen) atoms. The molecule has 0 spiro atoms. The van der Waals surface area contributed by atoms with E-state index in [0.29, 0.717) is 19.4 Å². The molecule has 1 aromatic carbocycles. The topological polar surface area (TPSA) is 65.7 Å². The van der Waals surface area contributed by atoms with Crippen LogP contribution < -0.4 is 0 Å². The van der Waals surface area contributed by atoms with E-state index in [4.69, 9.17) is 0 Å². The van der Waals surface area contributed by atoms with Gasteiger partial charge < -0.3 is 19.7 Å². The summed E-state index contributed by atoms with van der Waals surface area (Å²) in [4.78, 5) is 14.1. The smallest absolute Gasteiger partial charge is 0.242 e. The quantitative estimate of drug-likeness (QED) is 0.900. The monoisotopic (exact) mass is 302 g/mol. The molecular weight excluding hydrogens is 280 g/mol. The Balaban J connectivity index is 1.70. The number of rotatable bonds is 3. The summed E-state index contributed by atoms with van der Waals surface area (Å²) < 4.78 is 1.92. The van der Waals surface area contributed by atoms with Gasteiger partial charge in [0.1, 0.15) is 12.6 Å². The van der Waals surface area contributed by atoms with E-state index in [2.05, 4.69) is 0 Å². The van der Waals surface area contributed by atoms with Crippen molar-refractivity contribution >= 4 is 16.8 Å². The number of hydrogen-bond donors (Lipinski definition) is 2. The first-order valence-electron chi connectivity index (χ1n) is 7.75. The van der Waals surface area contributed by atoms with Gasteiger partial charge in [0.15, 0.2) is 0 Å². The zero-order chi connectivity index (χ0) is 15.7. The highest BCUT2D eigenvalue weighted by Gasteiger charge is 2.40. The van der Waals surface area contributed by atoms with Gasteiger partial charge in [0, 0.05) is 24.8 Å². The third-order valence-electron chi connectivity index (χ3n) is 4.78. The number of nitrogens with zero attached hydrogens (tertiary/aromatic N) is 2. The summed E-state index contributed by atoms with van der Waals surface area (Å²) in [6.45, 7) is 2.79. The molecule has 1 amide bonds. The molecule has 5 nitrogen and oxygen atoms in total. The first-order chi connectivity index (χ1) is 10.5. The molecule has 0 saturated carbocycles. The molecule has 2 heterocycles. The third-order valence-corrected chi connectivity index (χ3v) is 4.78. The molecule has 2 atom stereocenters. The van der Waals surface area contributed by atoms with E-state index in [1.54, 1.807) is 4.90 Å². The summed E-state index contributed by atoms with van der Waals surface area (Å²) in [6, 6.07) is 9.92. The number of aromatic nitrogens is 1. The standard InChI is InChI=1S/C17H22N2O3/c1-2-17(22)8-10-19(11-15(17)20)16(21)12-18-9-7-13-5-3-4-6-14(13)18/h3-7,9,15,20,22H,2,8,10-12H2,1H3/t15-,17-/m1/s1. The zero-order valence-corrected chi connectivity index (χ0v) is 12.8. The first-order valence-corrected chi connectivity index (χ1v) is 7.75. The number of amides is 1. The van der Waals surface area contributed by atoms with Crippen LogP contribution in [0, 0.1) is 0 Å². The van der Waals surface area contributed by atoms with Crippen molar-refractivity contribution in [3.8, 4) is 0 Å². The third kappa shape index (κ3) is 2.62. The van der Waals surface area contributed by atoms with E-state index >= 15 is 0 Å². The van der Waals surface area contributed by atoms with Crippen LogP contribution in [0.2, 0.25) is 0 Å². The van der Waals surface area contributed by atoms with Crippen molar-refractivity contribution in [2.24, 2.45) is 0 Å². The molecule has 5 heteroatoms. The molecule has 1 aromatic heterocycles. The Hall–Kier alpha value is -1.85. The van der Waals surface area contributed by atoms with Crippen molar-refractivity contribution in [1.82, 2.24) is 9.47 Å². The number of aliphatic hydroxyl groups excluding tert-OH is 1. The van der Waals surface area contributed by atoms with Gasteiger partial charge in [-0.2, -0.15) is 0 Å². The van der Waals surface area contributed by atoms with Gasteiger partial charge in [-0.15, -0.1) is 0 Å². The van der Waals surface area contributed by atoms with E-state index in [9.17, 15) is 15.0 Å². The van der Waals surface area contributed by atoms with Crippen LogP contribution in [0.1, 0.15) is 19.8 Å². The van der Waals surface area contributed by atoms with Crippen molar-refractivity contribution in [2.75, 3.05) is 13.1 Å². The predicted molar refractivity (Wildman–Crippen MR) is 84.4 cm³/mol. The van der Waals surface area contributed by atoms with Crippen LogP contribution in [0.3, 0.4) is 0 Å². The summed E-state index contributed by atoms with van der Waals surface area (Å²) in [5.74, 6) is -0.0291. The van der Waals surface area contributed by atoms with Crippen molar-refractivity contribution in [3.05, 3.63) is 36.5 Å². The highest BCUT2D eigenvalue weighted by atomic mass is 16.3. The fraction of sp³-hybridized carbons (Fsp3) is 0.471. The molecule has 0 unspecified atom stereocenters. The number of para-hydroxylation sites is 1. The Morgan fingerprint density at radius 3 is 2.86 bits per heavy atom. The summed E-state index contributed by atoms with van der Waals surface area (Å²) >= 11 is 0. The maximum atomic E-state index is 12.5. The highest BCUT2D eigenvalue weighted by Crippen LogP contribution is 2.26. The van der Waals surface area contributed by atoms with E-state index in [0.717, 1.165) is 10.9 Å². The molecule has 2 aromatic rings. The Kier molecular flexibility index (Phi) is 3.93. The van der Waals surface area contributed by atoms with Gasteiger partial charge >= 0.3 is 0 Å². The number of benzene rings is 1. The average molecular weight is 302 g/mol. The second kappa shape index (κ2) is 5.74. The van der Waals surface area contributed by atoms with Crippen LogP contribution in [0.25, 0.3) is 10.9 Å². The molecule has 3 rings (SSSR count). The van der Waals surface area contributed by atoms with Gasteiger partial charge in [-0.3, -0.25) is 4.79 Å². The number of carbonyl (C=O) groups is 1. The zero-order valence-electron chi connectivity index (χ0n) is 12.8. The van der Waals surface area contributed by atoms with Crippen molar-refractivity contribution in [3.63, 3.8) is 0 Å². The number of likely N-dealkylation sites (tertiary alicyclic amines) is 1. The largest absolute Gasteiger partial charge is 0.388 e. The van der Waals surface area contributed by atoms with Crippen molar-refractivity contribution in [2.45, 2.75) is 38.0 Å². The van der Waals surface area contributed by atoms with Gasteiger partial charge in [-0.1, -0.05) is 25.1 Å². The van der Waals surface area contributed by atoms with E-state index in [1.807, 2.05) is 48.0 Å². The number of β-amino-alcohol motifs (C(OH)–C–C–N with tert-alkyl or cyclic N) is 1. The van der Waals surface area contributed by atoms with Gasteiger partial charge in [-0.05, 0) is 30.4 Å². The minimum absolute atomic E-state index is 0.0291. The van der Waals surface area contributed by atoms with Crippen molar-refractivity contribution in [1.29, 1.82) is 0 Å². The van der Waals surface area contributed by atoms with Crippen LogP contribution in [-0.2, 0) is 11.3 Å². The molecule has 1 saturated heterocycles. The van der Waals surface area contributed by atoms with E-state index < -0.39 is 11.7 Å². The van der Waals surface area contributed by atoms with E-state index in [1.165, 1.54) is 0 Å². The summed E-state index contributed by atoms with van der Waals surface area (Å²) in [5, 5.41) is 21.5. The Morgan fingerprint density at radius 1 is 1.36 bits per heavy atom. The van der Waals surface area contributed by atoms with E-state index in [-0.39, 0.29) is 19.0 Å². The van der Waals surface area contributed by atoms with Crippen LogP contribution in [0.5, 0.6) is 0 Å². The number of carbonyl (C=O) groups excluding carboxylic acids is 1. The van der Waals surface area contributed by atoms with Gasteiger partial charge in [0.2, 0.25) is 5.91 Å².